The van der Waals surface area contributed by atoms with Crippen molar-refractivity contribution in [2.75, 3.05) is 46.2 Å². The minimum Gasteiger partial charge on any atom is -0.450 e. The molecule has 6 nitrogen and oxygen atoms in total. The molecule has 0 fully saturated rings. The number of hydrogen-bond acceptors (Lipinski definition) is 5. The maximum Gasteiger partial charge on any atom is 0.505 e. The Morgan fingerprint density at radius 1 is 0.882 bits per heavy atom. The summed E-state index contributed by atoms with van der Waals surface area (Å²) in [6.07, 6.45) is 0.925. The Hall–Kier alpha value is -0.850. The normalized spacial score (nSPS) is 10.4. The highest BCUT2D eigenvalue weighted by molar-refractivity contribution is 5.56. The van der Waals surface area contributed by atoms with Gasteiger partial charge in [-0.05, 0) is 6.42 Å². The summed E-state index contributed by atoms with van der Waals surface area (Å²) >= 11 is 0. The average molecular weight is 250 g/mol. The minimum absolute atomic E-state index is 0.0511. The van der Waals surface area contributed by atoms with Gasteiger partial charge in [0.05, 0.1) is 33.0 Å². The van der Waals surface area contributed by atoms with E-state index < -0.39 is 6.16 Å². The van der Waals surface area contributed by atoms with Gasteiger partial charge in [0.25, 0.3) is 0 Å². The van der Waals surface area contributed by atoms with Gasteiger partial charge in [-0.15, -0.1) is 0 Å². The second kappa shape index (κ2) is 13.2. The van der Waals surface area contributed by atoms with Crippen molar-refractivity contribution in [1.82, 2.24) is 0 Å². The number of carbonyl (C=O) groups is 1. The smallest absolute Gasteiger partial charge is 0.450 e. The second-order valence-electron chi connectivity index (χ2n) is 3.31. The van der Waals surface area contributed by atoms with Gasteiger partial charge < -0.3 is 24.1 Å². The monoisotopic (exact) mass is 250 g/mol. The first-order valence-corrected chi connectivity index (χ1v) is 5.86. The molecule has 0 rings (SSSR count). The van der Waals surface area contributed by atoms with E-state index in [1.165, 1.54) is 0 Å². The lowest BCUT2D eigenvalue weighted by Crippen LogP contribution is -2.13. The third-order valence-electron chi connectivity index (χ3n) is 1.84. The molecule has 0 aromatic rings. The molecule has 0 saturated carbocycles. The van der Waals surface area contributed by atoms with Crippen LogP contribution in [0.15, 0.2) is 0 Å². The van der Waals surface area contributed by atoms with Crippen LogP contribution < -0.4 is 0 Å². The molecule has 0 radical (unpaired) electrons. The van der Waals surface area contributed by atoms with Crippen molar-refractivity contribution in [2.45, 2.75) is 19.8 Å². The summed E-state index contributed by atoms with van der Waals surface area (Å²) in [4.78, 5) is 9.97. The van der Waals surface area contributed by atoms with Crippen LogP contribution in [0.4, 0.5) is 4.79 Å². The van der Waals surface area contributed by atoms with Crippen LogP contribution >= 0.6 is 0 Å². The molecule has 0 aromatic heterocycles. The van der Waals surface area contributed by atoms with E-state index in [1.54, 1.807) is 0 Å². The molecule has 1 N–H and O–H groups in total. The topological polar surface area (TPSA) is 74.2 Å². The van der Waals surface area contributed by atoms with E-state index in [0.29, 0.717) is 26.4 Å². The molecule has 0 spiro atoms. The fraction of sp³-hybridized carbons (Fsp3) is 0.909. The van der Waals surface area contributed by atoms with Crippen molar-refractivity contribution in [1.29, 1.82) is 0 Å². The molecule has 0 aliphatic carbocycles. The quantitative estimate of drug-likeness (QED) is 0.418. The molecule has 0 atom stereocenters. The molecule has 0 aliphatic heterocycles. The number of rotatable bonds is 12. The Labute approximate surface area is 102 Å². The number of carboxylic acid groups (broad SMARTS) is 1. The molecule has 0 heterocycles. The van der Waals surface area contributed by atoms with Gasteiger partial charge in [-0.2, -0.15) is 0 Å². The van der Waals surface area contributed by atoms with Crippen molar-refractivity contribution >= 4 is 6.16 Å². The zero-order chi connectivity index (χ0) is 12.8. The van der Waals surface area contributed by atoms with Gasteiger partial charge in [-0.1, -0.05) is 13.3 Å². The molecule has 6 heteroatoms. The molecule has 0 amide bonds. The molecular weight excluding hydrogens is 228 g/mol. The first-order chi connectivity index (χ1) is 8.27. The molecule has 102 valence electrons. The van der Waals surface area contributed by atoms with Gasteiger partial charge in [0.1, 0.15) is 6.61 Å². The van der Waals surface area contributed by atoms with E-state index in [2.05, 4.69) is 11.7 Å². The highest BCUT2D eigenvalue weighted by Crippen LogP contribution is 1.88. The summed E-state index contributed by atoms with van der Waals surface area (Å²) in [5.74, 6) is 0. The SMILES string of the molecule is CCCCOCCOCCOCCOC(=O)O. The van der Waals surface area contributed by atoms with Crippen LogP contribution in [0.3, 0.4) is 0 Å². The summed E-state index contributed by atoms with van der Waals surface area (Å²) in [5, 5.41) is 8.16. The molecule has 0 aromatic carbocycles. The van der Waals surface area contributed by atoms with E-state index >= 15 is 0 Å². The maximum atomic E-state index is 9.97. The third-order valence-corrected chi connectivity index (χ3v) is 1.84. The van der Waals surface area contributed by atoms with Gasteiger partial charge in [-0.25, -0.2) is 4.79 Å². The molecule has 0 aliphatic rings. The van der Waals surface area contributed by atoms with Crippen LogP contribution in [0, 0.1) is 0 Å². The molecule has 0 unspecified atom stereocenters. The summed E-state index contributed by atoms with van der Waals surface area (Å²) < 4.78 is 19.9. The zero-order valence-corrected chi connectivity index (χ0v) is 10.4. The third kappa shape index (κ3) is 15.1. The molecular formula is C11H22O6. The summed E-state index contributed by atoms with van der Waals surface area (Å²) in [6, 6.07) is 0. The number of unbranched alkanes of at least 4 members (excludes halogenated alkanes) is 1. The second-order valence-corrected chi connectivity index (χ2v) is 3.31. The van der Waals surface area contributed by atoms with E-state index in [1.807, 2.05) is 0 Å². The number of ether oxygens (including phenoxy) is 4. The van der Waals surface area contributed by atoms with Crippen LogP contribution in [-0.2, 0) is 18.9 Å². The predicted molar refractivity (Wildman–Crippen MR) is 61.3 cm³/mol. The minimum atomic E-state index is -1.28. The van der Waals surface area contributed by atoms with Gasteiger partial charge in [0.15, 0.2) is 0 Å². The van der Waals surface area contributed by atoms with Crippen LogP contribution in [0.1, 0.15) is 19.8 Å². The lowest BCUT2D eigenvalue weighted by molar-refractivity contribution is 0.00125. The fourth-order valence-electron chi connectivity index (χ4n) is 0.976. The highest BCUT2D eigenvalue weighted by atomic mass is 16.7. The molecule has 0 bridgehead atoms. The first-order valence-electron chi connectivity index (χ1n) is 5.86. The average Bonchev–Trinajstić information content (AvgIpc) is 2.30. The summed E-state index contributed by atoms with van der Waals surface area (Å²) in [7, 11) is 0. The van der Waals surface area contributed by atoms with E-state index in [9.17, 15) is 4.79 Å². The van der Waals surface area contributed by atoms with Crippen LogP contribution in [-0.4, -0.2) is 57.5 Å². The largest absolute Gasteiger partial charge is 0.505 e. The fourth-order valence-corrected chi connectivity index (χ4v) is 0.976. The predicted octanol–water partition coefficient (Wildman–Crippen LogP) is 1.53. The van der Waals surface area contributed by atoms with Gasteiger partial charge >= 0.3 is 6.16 Å². The van der Waals surface area contributed by atoms with Crippen molar-refractivity contribution in [3.05, 3.63) is 0 Å². The Bertz CT molecular complexity index is 173. The standard InChI is InChI=1S/C11H22O6/c1-2-3-4-14-5-6-15-7-8-16-9-10-17-11(12)13/h2-10H2,1H3,(H,12,13). The Balaban J connectivity index is 2.91. The highest BCUT2D eigenvalue weighted by Gasteiger charge is 1.95. The molecule has 17 heavy (non-hydrogen) atoms. The Morgan fingerprint density at radius 3 is 1.82 bits per heavy atom. The van der Waals surface area contributed by atoms with E-state index in [0.717, 1.165) is 19.4 Å². The van der Waals surface area contributed by atoms with Crippen LogP contribution in [0.2, 0.25) is 0 Å². The van der Waals surface area contributed by atoms with Crippen molar-refractivity contribution in [3.63, 3.8) is 0 Å². The maximum absolute atomic E-state index is 9.97. The lowest BCUT2D eigenvalue weighted by Gasteiger charge is -2.06. The van der Waals surface area contributed by atoms with Crippen molar-refractivity contribution in [3.8, 4) is 0 Å². The van der Waals surface area contributed by atoms with E-state index in [4.69, 9.17) is 19.3 Å². The van der Waals surface area contributed by atoms with Gasteiger partial charge in [0.2, 0.25) is 0 Å². The molecule has 0 saturated heterocycles. The van der Waals surface area contributed by atoms with Gasteiger partial charge in [0, 0.05) is 6.61 Å². The lowest BCUT2D eigenvalue weighted by atomic mass is 10.4. The Morgan fingerprint density at radius 2 is 1.35 bits per heavy atom. The Kier molecular flexibility index (Phi) is 12.6. The van der Waals surface area contributed by atoms with Crippen LogP contribution in [0.5, 0.6) is 0 Å². The van der Waals surface area contributed by atoms with Crippen molar-refractivity contribution in [2.24, 2.45) is 0 Å². The van der Waals surface area contributed by atoms with Gasteiger partial charge in [-0.3, -0.25) is 0 Å². The van der Waals surface area contributed by atoms with Crippen molar-refractivity contribution < 1.29 is 28.8 Å². The van der Waals surface area contributed by atoms with E-state index in [-0.39, 0.29) is 13.2 Å². The zero-order valence-electron chi connectivity index (χ0n) is 10.4. The first kappa shape index (κ1) is 16.1. The number of hydrogen-bond donors (Lipinski definition) is 1. The summed E-state index contributed by atoms with van der Waals surface area (Å²) in [6.45, 7) is 5.26. The summed E-state index contributed by atoms with van der Waals surface area (Å²) in [5.41, 5.74) is 0. The van der Waals surface area contributed by atoms with Crippen LogP contribution in [0.25, 0.3) is 0 Å².